The molecule has 2 aromatic heterocycles. The SMILES string of the molecule is CC(Cn1c(=O)c(C2=NS(=O)(=O)c3ccccc3N2)c(O)c2cccnc21)c1ccccc1. The third kappa shape index (κ3) is 3.56. The summed E-state index contributed by atoms with van der Waals surface area (Å²) in [6.07, 6.45) is 1.54. The number of sulfonamides is 1. The van der Waals surface area contributed by atoms with Gasteiger partial charge in [-0.05, 0) is 35.7 Å². The first-order valence-electron chi connectivity index (χ1n) is 10.3. The minimum atomic E-state index is -4.05. The van der Waals surface area contributed by atoms with E-state index in [0.717, 1.165) is 5.56 Å². The number of amidine groups is 1. The third-order valence-corrected chi connectivity index (χ3v) is 7.02. The zero-order valence-electron chi connectivity index (χ0n) is 17.6. The van der Waals surface area contributed by atoms with E-state index in [2.05, 4.69) is 14.7 Å². The molecular weight excluding hydrogens is 440 g/mol. The molecule has 2 aromatic carbocycles. The number of hydrogen-bond acceptors (Lipinski definition) is 6. The summed E-state index contributed by atoms with van der Waals surface area (Å²) in [5.74, 6) is -0.632. The third-order valence-electron chi connectivity index (χ3n) is 5.68. The van der Waals surface area contributed by atoms with E-state index in [9.17, 15) is 18.3 Å². The van der Waals surface area contributed by atoms with Crippen LogP contribution in [-0.4, -0.2) is 28.9 Å². The van der Waals surface area contributed by atoms with Crippen LogP contribution < -0.4 is 10.9 Å². The van der Waals surface area contributed by atoms with Gasteiger partial charge in [-0.1, -0.05) is 49.4 Å². The van der Waals surface area contributed by atoms with E-state index >= 15 is 0 Å². The summed E-state index contributed by atoms with van der Waals surface area (Å²) in [4.78, 5) is 18.0. The van der Waals surface area contributed by atoms with E-state index in [0.29, 0.717) is 11.0 Å². The number of pyridine rings is 2. The van der Waals surface area contributed by atoms with Crippen molar-refractivity contribution in [1.82, 2.24) is 9.55 Å². The molecule has 3 heterocycles. The molecule has 1 atom stereocenters. The Kier molecular flexibility index (Phi) is 4.98. The maximum absolute atomic E-state index is 13.6. The van der Waals surface area contributed by atoms with Crippen molar-refractivity contribution < 1.29 is 13.5 Å². The average molecular weight is 461 g/mol. The second kappa shape index (κ2) is 7.86. The molecule has 0 saturated heterocycles. The zero-order valence-corrected chi connectivity index (χ0v) is 18.5. The molecule has 1 unspecified atom stereocenters. The van der Waals surface area contributed by atoms with E-state index < -0.39 is 15.6 Å². The molecule has 9 heteroatoms. The topological polar surface area (TPSA) is 114 Å². The van der Waals surface area contributed by atoms with Crippen molar-refractivity contribution in [2.24, 2.45) is 4.40 Å². The number of aromatic nitrogens is 2. The first-order chi connectivity index (χ1) is 15.9. The molecule has 4 aromatic rings. The molecule has 2 N–H and O–H groups in total. The molecule has 33 heavy (non-hydrogen) atoms. The summed E-state index contributed by atoms with van der Waals surface area (Å²) in [5.41, 5.74) is 0.840. The molecule has 0 spiro atoms. The number of benzene rings is 2. The number of rotatable bonds is 4. The van der Waals surface area contributed by atoms with Crippen LogP contribution in [0.1, 0.15) is 24.0 Å². The minimum absolute atomic E-state index is 0.00807. The predicted octanol–water partition coefficient (Wildman–Crippen LogP) is 3.47. The van der Waals surface area contributed by atoms with Crippen LogP contribution in [0.4, 0.5) is 5.69 Å². The summed E-state index contributed by atoms with van der Waals surface area (Å²) < 4.78 is 30.8. The van der Waals surface area contributed by atoms with Crippen LogP contribution in [0.2, 0.25) is 0 Å². The molecule has 166 valence electrons. The Morgan fingerprint density at radius 1 is 1.03 bits per heavy atom. The second-order valence-corrected chi connectivity index (χ2v) is 9.43. The van der Waals surface area contributed by atoms with E-state index in [-0.39, 0.29) is 40.2 Å². The number of aromatic hydroxyl groups is 1. The first kappa shape index (κ1) is 20.9. The molecular formula is C24H20N4O4S. The lowest BCUT2D eigenvalue weighted by Gasteiger charge is -2.21. The van der Waals surface area contributed by atoms with Gasteiger partial charge in [-0.25, -0.2) is 4.98 Å². The highest BCUT2D eigenvalue weighted by atomic mass is 32.2. The van der Waals surface area contributed by atoms with Crippen LogP contribution >= 0.6 is 0 Å². The van der Waals surface area contributed by atoms with E-state index in [4.69, 9.17) is 0 Å². The Morgan fingerprint density at radius 3 is 2.55 bits per heavy atom. The first-order valence-corrected chi connectivity index (χ1v) is 11.8. The highest BCUT2D eigenvalue weighted by Gasteiger charge is 2.30. The van der Waals surface area contributed by atoms with Crippen molar-refractivity contribution in [2.75, 3.05) is 5.32 Å². The number of para-hydroxylation sites is 1. The Balaban J connectivity index is 1.72. The second-order valence-electron chi connectivity index (χ2n) is 7.86. The van der Waals surface area contributed by atoms with Crippen molar-refractivity contribution in [2.45, 2.75) is 24.3 Å². The summed E-state index contributed by atoms with van der Waals surface area (Å²) >= 11 is 0. The van der Waals surface area contributed by atoms with Gasteiger partial charge in [0, 0.05) is 12.7 Å². The lowest BCUT2D eigenvalue weighted by atomic mass is 10.0. The fourth-order valence-electron chi connectivity index (χ4n) is 4.03. The van der Waals surface area contributed by atoms with Gasteiger partial charge < -0.3 is 10.4 Å². The Morgan fingerprint density at radius 2 is 1.76 bits per heavy atom. The predicted molar refractivity (Wildman–Crippen MR) is 126 cm³/mol. The zero-order chi connectivity index (χ0) is 23.2. The Labute approximate surface area is 189 Å². The number of hydrogen-bond donors (Lipinski definition) is 2. The monoisotopic (exact) mass is 460 g/mol. The highest BCUT2D eigenvalue weighted by Crippen LogP contribution is 2.32. The van der Waals surface area contributed by atoms with E-state index in [1.807, 2.05) is 37.3 Å². The van der Waals surface area contributed by atoms with Crippen molar-refractivity contribution in [3.05, 3.63) is 94.4 Å². The molecule has 1 aliphatic rings. The van der Waals surface area contributed by atoms with Crippen LogP contribution in [0, 0.1) is 0 Å². The number of fused-ring (bicyclic) bond motifs is 2. The van der Waals surface area contributed by atoms with Gasteiger partial charge in [0.25, 0.3) is 15.6 Å². The van der Waals surface area contributed by atoms with Gasteiger partial charge in [-0.15, -0.1) is 4.40 Å². The van der Waals surface area contributed by atoms with Crippen LogP contribution in [-0.2, 0) is 16.6 Å². The smallest absolute Gasteiger partial charge is 0.286 e. The average Bonchev–Trinajstić information content (AvgIpc) is 2.82. The van der Waals surface area contributed by atoms with Gasteiger partial charge in [-0.3, -0.25) is 9.36 Å². The molecule has 0 saturated carbocycles. The van der Waals surface area contributed by atoms with E-state index in [1.165, 1.54) is 10.6 Å². The van der Waals surface area contributed by atoms with Gasteiger partial charge in [0.1, 0.15) is 21.9 Å². The summed E-state index contributed by atoms with van der Waals surface area (Å²) in [6, 6.07) is 19.3. The number of nitrogens with zero attached hydrogens (tertiary/aromatic N) is 3. The minimum Gasteiger partial charge on any atom is -0.506 e. The largest absolute Gasteiger partial charge is 0.506 e. The highest BCUT2D eigenvalue weighted by molar-refractivity contribution is 7.90. The number of nitrogens with one attached hydrogen (secondary N) is 1. The summed E-state index contributed by atoms with van der Waals surface area (Å²) in [7, 11) is -4.05. The van der Waals surface area contributed by atoms with Crippen molar-refractivity contribution in [1.29, 1.82) is 0 Å². The fourth-order valence-corrected chi connectivity index (χ4v) is 5.15. The molecule has 8 nitrogen and oxygen atoms in total. The normalized spacial score (nSPS) is 15.4. The molecule has 0 radical (unpaired) electrons. The Bertz CT molecular complexity index is 1580. The lowest BCUT2D eigenvalue weighted by molar-refractivity contribution is 0.475. The van der Waals surface area contributed by atoms with Crippen molar-refractivity contribution in [3.63, 3.8) is 0 Å². The van der Waals surface area contributed by atoms with Crippen LogP contribution in [0.15, 0.2) is 87.0 Å². The fraction of sp³-hybridized carbons (Fsp3) is 0.125. The summed E-state index contributed by atoms with van der Waals surface area (Å²) in [5, 5.41) is 14.2. The quantitative estimate of drug-likeness (QED) is 0.482. The summed E-state index contributed by atoms with van der Waals surface area (Å²) in [6.45, 7) is 2.26. The maximum Gasteiger partial charge on any atom is 0.286 e. The molecule has 5 rings (SSSR count). The van der Waals surface area contributed by atoms with Gasteiger partial charge in [0.2, 0.25) is 0 Å². The standard InChI is InChI=1S/C24H20N4O4S/c1-15(16-8-3-2-4-9-16)14-28-23-17(10-7-13-25-23)21(29)20(24(28)30)22-26-18-11-5-6-12-19(18)33(31,32)27-22/h2-13,15,29H,14H2,1H3,(H,26,27). The maximum atomic E-state index is 13.6. The molecule has 0 amide bonds. The number of anilines is 1. The van der Waals surface area contributed by atoms with Gasteiger partial charge in [-0.2, -0.15) is 8.42 Å². The van der Waals surface area contributed by atoms with Gasteiger partial charge >= 0.3 is 0 Å². The van der Waals surface area contributed by atoms with Crippen molar-refractivity contribution >= 4 is 32.6 Å². The molecule has 0 bridgehead atoms. The van der Waals surface area contributed by atoms with Gasteiger partial charge in [0.05, 0.1) is 11.1 Å². The van der Waals surface area contributed by atoms with Crippen LogP contribution in [0.5, 0.6) is 5.75 Å². The van der Waals surface area contributed by atoms with E-state index in [1.54, 1.807) is 36.5 Å². The van der Waals surface area contributed by atoms with Crippen molar-refractivity contribution in [3.8, 4) is 5.75 Å². The van der Waals surface area contributed by atoms with Gasteiger partial charge in [0.15, 0.2) is 5.84 Å². The molecule has 1 aliphatic heterocycles. The van der Waals surface area contributed by atoms with Crippen LogP contribution in [0.25, 0.3) is 11.0 Å². The molecule has 0 fully saturated rings. The lowest BCUT2D eigenvalue weighted by Crippen LogP contribution is -2.33. The molecule has 0 aliphatic carbocycles. The Hall–Kier alpha value is -3.98. The van der Waals surface area contributed by atoms with Crippen LogP contribution in [0.3, 0.4) is 0 Å².